The first-order valence-electron chi connectivity index (χ1n) is 6.29. The maximum atomic E-state index is 6.05. The molecule has 0 aromatic carbocycles. The van der Waals surface area contributed by atoms with Crippen molar-refractivity contribution < 1.29 is 4.74 Å². The molecule has 0 bridgehead atoms. The molecule has 1 aliphatic heterocycles. The third kappa shape index (κ3) is 2.71. The lowest BCUT2D eigenvalue weighted by atomic mass is 9.89. The predicted octanol–water partition coefficient (Wildman–Crippen LogP) is 1.37. The van der Waals surface area contributed by atoms with Crippen LogP contribution in [0.4, 0.5) is 0 Å². The van der Waals surface area contributed by atoms with Crippen LogP contribution in [0.5, 0.6) is 0 Å². The van der Waals surface area contributed by atoms with Crippen LogP contribution in [0.1, 0.15) is 39.5 Å². The Morgan fingerprint density at radius 1 is 1.27 bits per heavy atom. The van der Waals surface area contributed by atoms with Gasteiger partial charge in [-0.25, -0.2) is 0 Å². The number of ether oxygens (including phenoxy) is 1. The molecule has 2 aliphatic rings. The second-order valence-corrected chi connectivity index (χ2v) is 5.27. The van der Waals surface area contributed by atoms with E-state index in [1.165, 1.54) is 25.7 Å². The Balaban J connectivity index is 1.94. The fraction of sp³-hybridized carbons (Fsp3) is 1.00. The largest absolute Gasteiger partial charge is 0.376 e. The first-order chi connectivity index (χ1) is 7.16. The summed E-state index contributed by atoms with van der Waals surface area (Å²) in [7, 11) is 0. The molecule has 0 radical (unpaired) electrons. The molecule has 2 rings (SSSR count). The Kier molecular flexibility index (Phi) is 3.65. The SMILES string of the molecule is CC1CN(C2CCCC(N)C2)C(C)CO1. The Bertz CT molecular complexity index is 210. The van der Waals surface area contributed by atoms with Crippen LogP contribution in [-0.4, -0.2) is 42.3 Å². The summed E-state index contributed by atoms with van der Waals surface area (Å²) in [6.07, 6.45) is 5.40. The van der Waals surface area contributed by atoms with E-state index >= 15 is 0 Å². The fourth-order valence-electron chi connectivity index (χ4n) is 2.94. The van der Waals surface area contributed by atoms with Crippen molar-refractivity contribution >= 4 is 0 Å². The van der Waals surface area contributed by atoms with Crippen molar-refractivity contribution in [3.8, 4) is 0 Å². The lowest BCUT2D eigenvalue weighted by Gasteiger charge is -2.44. The number of hydrogen-bond acceptors (Lipinski definition) is 3. The van der Waals surface area contributed by atoms with Gasteiger partial charge in [-0.05, 0) is 33.1 Å². The Labute approximate surface area is 93.0 Å². The number of nitrogens with zero attached hydrogens (tertiary/aromatic N) is 1. The molecular formula is C12H24N2O. The van der Waals surface area contributed by atoms with Gasteiger partial charge in [-0.15, -0.1) is 0 Å². The maximum Gasteiger partial charge on any atom is 0.0674 e. The van der Waals surface area contributed by atoms with Gasteiger partial charge in [-0.1, -0.05) is 6.42 Å². The van der Waals surface area contributed by atoms with Crippen LogP contribution in [0.3, 0.4) is 0 Å². The number of nitrogens with two attached hydrogens (primary N) is 1. The van der Waals surface area contributed by atoms with Crippen LogP contribution in [0, 0.1) is 0 Å². The summed E-state index contributed by atoms with van der Waals surface area (Å²) in [5.74, 6) is 0. The molecule has 2 N–H and O–H groups in total. The molecule has 0 aromatic rings. The molecule has 0 amide bonds. The average molecular weight is 212 g/mol. The summed E-state index contributed by atoms with van der Waals surface area (Å²) < 4.78 is 5.67. The van der Waals surface area contributed by atoms with Crippen molar-refractivity contribution in [2.75, 3.05) is 13.2 Å². The van der Waals surface area contributed by atoms with Crippen molar-refractivity contribution in [1.29, 1.82) is 0 Å². The van der Waals surface area contributed by atoms with Crippen molar-refractivity contribution in [3.63, 3.8) is 0 Å². The highest BCUT2D eigenvalue weighted by Crippen LogP contribution is 2.26. The van der Waals surface area contributed by atoms with Crippen LogP contribution < -0.4 is 5.73 Å². The van der Waals surface area contributed by atoms with Gasteiger partial charge in [0, 0.05) is 24.7 Å². The van der Waals surface area contributed by atoms with E-state index in [9.17, 15) is 0 Å². The van der Waals surface area contributed by atoms with Crippen molar-refractivity contribution in [2.45, 2.75) is 63.8 Å². The topological polar surface area (TPSA) is 38.5 Å². The van der Waals surface area contributed by atoms with E-state index in [0.717, 1.165) is 13.2 Å². The summed E-state index contributed by atoms with van der Waals surface area (Å²) >= 11 is 0. The molecule has 2 fully saturated rings. The van der Waals surface area contributed by atoms with Crippen LogP contribution in [0.25, 0.3) is 0 Å². The number of hydrogen-bond donors (Lipinski definition) is 1. The molecule has 0 aromatic heterocycles. The van der Waals surface area contributed by atoms with Crippen molar-refractivity contribution in [1.82, 2.24) is 4.90 Å². The zero-order chi connectivity index (χ0) is 10.8. The summed E-state index contributed by atoms with van der Waals surface area (Å²) in [4.78, 5) is 2.62. The number of rotatable bonds is 1. The van der Waals surface area contributed by atoms with Gasteiger partial charge in [0.2, 0.25) is 0 Å². The second-order valence-electron chi connectivity index (χ2n) is 5.27. The van der Waals surface area contributed by atoms with E-state index in [0.29, 0.717) is 24.2 Å². The summed E-state index contributed by atoms with van der Waals surface area (Å²) in [5.41, 5.74) is 6.05. The van der Waals surface area contributed by atoms with E-state index in [2.05, 4.69) is 18.7 Å². The van der Waals surface area contributed by atoms with Crippen LogP contribution in [-0.2, 0) is 4.74 Å². The second kappa shape index (κ2) is 4.81. The smallest absolute Gasteiger partial charge is 0.0674 e. The van der Waals surface area contributed by atoms with Crippen LogP contribution in [0.15, 0.2) is 0 Å². The molecule has 4 unspecified atom stereocenters. The summed E-state index contributed by atoms with van der Waals surface area (Å²) in [5, 5.41) is 0. The van der Waals surface area contributed by atoms with Gasteiger partial charge in [-0.2, -0.15) is 0 Å². The monoisotopic (exact) mass is 212 g/mol. The van der Waals surface area contributed by atoms with Crippen molar-refractivity contribution in [2.24, 2.45) is 5.73 Å². The van der Waals surface area contributed by atoms with Crippen LogP contribution >= 0.6 is 0 Å². The highest BCUT2D eigenvalue weighted by molar-refractivity contribution is 4.87. The molecule has 1 heterocycles. The van der Waals surface area contributed by atoms with Crippen molar-refractivity contribution in [3.05, 3.63) is 0 Å². The van der Waals surface area contributed by atoms with Gasteiger partial charge in [0.1, 0.15) is 0 Å². The highest BCUT2D eigenvalue weighted by atomic mass is 16.5. The predicted molar refractivity (Wildman–Crippen MR) is 61.8 cm³/mol. The van der Waals surface area contributed by atoms with E-state index < -0.39 is 0 Å². The summed E-state index contributed by atoms with van der Waals surface area (Å²) in [6.45, 7) is 6.40. The molecule has 1 aliphatic carbocycles. The first kappa shape index (κ1) is 11.4. The lowest BCUT2D eigenvalue weighted by Crippen LogP contribution is -2.54. The molecule has 3 nitrogen and oxygen atoms in total. The molecule has 3 heteroatoms. The average Bonchev–Trinajstić information content (AvgIpc) is 2.22. The zero-order valence-corrected chi connectivity index (χ0v) is 9.98. The Hall–Kier alpha value is -0.120. The normalized spacial score (nSPS) is 44.2. The molecular weight excluding hydrogens is 188 g/mol. The minimum atomic E-state index is 0.388. The third-order valence-corrected chi connectivity index (χ3v) is 3.81. The molecule has 1 saturated heterocycles. The maximum absolute atomic E-state index is 6.05. The molecule has 1 saturated carbocycles. The van der Waals surface area contributed by atoms with Gasteiger partial charge in [0.25, 0.3) is 0 Å². The minimum Gasteiger partial charge on any atom is -0.376 e. The zero-order valence-electron chi connectivity index (χ0n) is 9.98. The van der Waals surface area contributed by atoms with Gasteiger partial charge in [-0.3, -0.25) is 4.90 Å². The van der Waals surface area contributed by atoms with E-state index in [1.54, 1.807) is 0 Å². The van der Waals surface area contributed by atoms with Gasteiger partial charge >= 0.3 is 0 Å². The van der Waals surface area contributed by atoms with Crippen LogP contribution in [0.2, 0.25) is 0 Å². The van der Waals surface area contributed by atoms with E-state index in [4.69, 9.17) is 10.5 Å². The Morgan fingerprint density at radius 2 is 2.07 bits per heavy atom. The van der Waals surface area contributed by atoms with E-state index in [1.807, 2.05) is 0 Å². The first-order valence-corrected chi connectivity index (χ1v) is 6.29. The quantitative estimate of drug-likeness (QED) is 0.713. The standard InChI is InChI=1S/C12H24N2O/c1-9-8-15-10(2)7-14(9)12-5-3-4-11(13)6-12/h9-12H,3-8,13H2,1-2H3. The minimum absolute atomic E-state index is 0.388. The third-order valence-electron chi connectivity index (χ3n) is 3.81. The van der Waals surface area contributed by atoms with E-state index in [-0.39, 0.29) is 0 Å². The van der Waals surface area contributed by atoms with Gasteiger partial charge < -0.3 is 10.5 Å². The molecule has 15 heavy (non-hydrogen) atoms. The Morgan fingerprint density at radius 3 is 2.80 bits per heavy atom. The summed E-state index contributed by atoms with van der Waals surface area (Å²) in [6, 6.07) is 1.70. The highest BCUT2D eigenvalue weighted by Gasteiger charge is 2.31. The number of morpholine rings is 1. The van der Waals surface area contributed by atoms with Gasteiger partial charge in [0.15, 0.2) is 0 Å². The fourth-order valence-corrected chi connectivity index (χ4v) is 2.94. The molecule has 88 valence electrons. The molecule has 4 atom stereocenters. The lowest BCUT2D eigenvalue weighted by molar-refractivity contribution is -0.0719. The van der Waals surface area contributed by atoms with Gasteiger partial charge in [0.05, 0.1) is 12.7 Å². The molecule has 0 spiro atoms.